The van der Waals surface area contributed by atoms with Gasteiger partial charge < -0.3 is 10.1 Å². The number of nitrogens with one attached hydrogen (secondary N) is 1. The fourth-order valence-corrected chi connectivity index (χ4v) is 2.90. The monoisotopic (exact) mass is 321 g/mol. The van der Waals surface area contributed by atoms with Crippen LogP contribution in [0.25, 0.3) is 0 Å². The molecule has 2 aromatic rings. The number of sulfone groups is 1. The minimum absolute atomic E-state index is 0. The summed E-state index contributed by atoms with van der Waals surface area (Å²) in [5.41, 5.74) is 1.42. The van der Waals surface area contributed by atoms with E-state index in [1.165, 1.54) is 12.1 Å². The van der Waals surface area contributed by atoms with E-state index >= 15 is 0 Å². The number of carbonyl (C=O) groups is 1. The van der Waals surface area contributed by atoms with Gasteiger partial charge in [0.05, 0.1) is 4.90 Å². The summed E-state index contributed by atoms with van der Waals surface area (Å²) in [4.78, 5) is 12.1. The molecule has 0 unspecified atom stereocenters. The van der Waals surface area contributed by atoms with Crippen molar-refractivity contribution in [3.63, 3.8) is 0 Å². The van der Waals surface area contributed by atoms with Gasteiger partial charge in [-0.2, -0.15) is 6.58 Å². The summed E-state index contributed by atoms with van der Waals surface area (Å²) < 4.78 is 24.4. The van der Waals surface area contributed by atoms with Crippen molar-refractivity contribution < 1.29 is 32.1 Å². The molecule has 0 aromatic heterocycles. The first-order valence-corrected chi connectivity index (χ1v) is 8.15. The van der Waals surface area contributed by atoms with Crippen LogP contribution >= 0.6 is 0 Å². The average Bonchev–Trinajstić information content (AvgIpc) is 2.48. The molecule has 2 rings (SSSR count). The zero-order chi connectivity index (χ0) is 16.2. The zero-order valence-electron chi connectivity index (χ0n) is 13.1. The Kier molecular flexibility index (Phi) is 6.71. The first kappa shape index (κ1) is 19.1. The molecule has 0 saturated carbocycles. The quantitative estimate of drug-likeness (QED) is 0.484. The van der Waals surface area contributed by atoms with Gasteiger partial charge in [-0.25, -0.2) is 8.42 Å². The van der Waals surface area contributed by atoms with Gasteiger partial charge in [0, 0.05) is 5.69 Å². The number of carbonyl (C=O) groups excluding carboxylic acids is 1. The van der Waals surface area contributed by atoms with Gasteiger partial charge in [-0.15, -0.1) is 5.57 Å². The predicted molar refractivity (Wildman–Crippen MR) is 86.9 cm³/mol. The van der Waals surface area contributed by atoms with E-state index in [1.807, 2.05) is 13.0 Å². The Morgan fingerprint density at radius 2 is 1.61 bits per heavy atom. The number of anilines is 1. The summed E-state index contributed by atoms with van der Waals surface area (Å²) in [5.74, 6) is 0.331. The predicted octanol–water partition coefficient (Wildman–Crippen LogP) is 0.129. The molecule has 23 heavy (non-hydrogen) atoms. The van der Waals surface area contributed by atoms with Crippen molar-refractivity contribution in [2.45, 2.75) is 11.8 Å². The normalized spacial score (nSPS) is 10.3. The van der Waals surface area contributed by atoms with E-state index in [1.54, 1.807) is 36.4 Å². The molecule has 2 aromatic carbocycles. The molecule has 0 aliphatic heterocycles. The fraction of sp³-hybridized carbons (Fsp3) is 0.0588. The van der Waals surface area contributed by atoms with Crippen LogP contribution in [0.2, 0.25) is 0 Å². The van der Waals surface area contributed by atoms with Crippen molar-refractivity contribution in [1.82, 2.24) is 0 Å². The molecule has 1 N–H and O–H groups in total. The summed E-state index contributed by atoms with van der Waals surface area (Å²) in [6.07, 6.45) is 0. The maximum absolute atomic E-state index is 12.2. The van der Waals surface area contributed by atoms with Gasteiger partial charge >= 0.3 is 18.9 Å². The summed E-state index contributed by atoms with van der Waals surface area (Å²) in [6, 6.07) is 15.2. The van der Waals surface area contributed by atoms with Crippen LogP contribution in [0.4, 0.5) is 5.69 Å². The number of para-hydroxylation sites is 1. The van der Waals surface area contributed by atoms with E-state index in [-0.39, 0.29) is 29.3 Å². The molecule has 0 atom stereocenters. The number of hydrogen-bond donors (Lipinski definition) is 1. The molecule has 6 heteroatoms. The van der Waals surface area contributed by atoms with Crippen molar-refractivity contribution in [2.75, 3.05) is 5.32 Å². The second-order valence-corrected chi connectivity index (χ2v) is 6.62. The minimum atomic E-state index is -3.70. The molecular formula is C17H16LiNO3S. The topological polar surface area (TPSA) is 63.2 Å². The molecular weight excluding hydrogens is 305 g/mol. The van der Waals surface area contributed by atoms with Crippen LogP contribution in [0.5, 0.6) is 0 Å². The molecule has 0 spiro atoms. The third-order valence-corrected chi connectivity index (χ3v) is 4.49. The van der Waals surface area contributed by atoms with E-state index in [4.69, 9.17) is 0 Å². The van der Waals surface area contributed by atoms with E-state index in [0.29, 0.717) is 5.69 Å². The summed E-state index contributed by atoms with van der Waals surface area (Å²) in [7, 11) is -3.70. The van der Waals surface area contributed by atoms with E-state index in [2.05, 4.69) is 11.9 Å². The summed E-state index contributed by atoms with van der Waals surface area (Å²) in [5, 5.41) is 2.59. The van der Waals surface area contributed by atoms with Crippen molar-refractivity contribution in [2.24, 2.45) is 0 Å². The molecule has 1 amide bonds. The molecule has 0 aliphatic rings. The Hall–Kier alpha value is -1.93. The maximum atomic E-state index is 12.2. The second kappa shape index (κ2) is 8.07. The van der Waals surface area contributed by atoms with E-state index in [0.717, 1.165) is 11.3 Å². The van der Waals surface area contributed by atoms with E-state index in [9.17, 15) is 13.2 Å². The van der Waals surface area contributed by atoms with Gasteiger partial charge in [0.1, 0.15) is 5.91 Å². The molecule has 0 aliphatic carbocycles. The van der Waals surface area contributed by atoms with Crippen LogP contribution in [0, 0.1) is 12.7 Å². The molecule has 0 fully saturated rings. The first-order valence-electron chi connectivity index (χ1n) is 6.60. The van der Waals surface area contributed by atoms with Crippen molar-refractivity contribution in [3.8, 4) is 0 Å². The fourth-order valence-electron chi connectivity index (χ4n) is 1.77. The van der Waals surface area contributed by atoms with E-state index < -0.39 is 15.7 Å². The summed E-state index contributed by atoms with van der Waals surface area (Å²) >= 11 is 0. The van der Waals surface area contributed by atoms with Crippen molar-refractivity contribution >= 4 is 21.4 Å². The molecule has 0 bridgehead atoms. The number of aryl methyl sites for hydroxylation is 1. The van der Waals surface area contributed by atoms with Gasteiger partial charge in [0.25, 0.3) is 0 Å². The maximum Gasteiger partial charge on any atom is 1.00 e. The molecule has 4 nitrogen and oxygen atoms in total. The molecule has 0 heterocycles. The Labute approximate surface area is 148 Å². The molecule has 114 valence electrons. The van der Waals surface area contributed by atoms with Crippen LogP contribution in [0.1, 0.15) is 5.56 Å². The van der Waals surface area contributed by atoms with Gasteiger partial charge in [0.15, 0.2) is 9.84 Å². The average molecular weight is 321 g/mol. The van der Waals surface area contributed by atoms with Gasteiger partial charge in [-0.1, -0.05) is 41.6 Å². The smallest absolute Gasteiger partial charge is 0.376 e. The second-order valence-electron chi connectivity index (χ2n) is 4.82. The third kappa shape index (κ3) is 5.33. The zero-order valence-corrected chi connectivity index (χ0v) is 13.9. The largest absolute Gasteiger partial charge is 1.00 e. The Morgan fingerprint density at radius 1 is 1.04 bits per heavy atom. The SMILES string of the molecule is C=C([CH-]S(=O)(=O)c1ccc(C)cc1)C(=O)Nc1ccccc1.[Li+]. The first-order chi connectivity index (χ1) is 10.4. The Morgan fingerprint density at radius 3 is 2.17 bits per heavy atom. The number of rotatable bonds is 5. The number of hydrogen-bond acceptors (Lipinski definition) is 3. The van der Waals surface area contributed by atoms with Crippen LogP contribution in [-0.2, 0) is 14.6 Å². The third-order valence-electron chi connectivity index (χ3n) is 2.97. The summed E-state index contributed by atoms with van der Waals surface area (Å²) in [6.45, 7) is 5.40. The number of amides is 1. The van der Waals surface area contributed by atoms with Crippen LogP contribution in [0.3, 0.4) is 0 Å². The molecule has 0 saturated heterocycles. The van der Waals surface area contributed by atoms with Crippen molar-refractivity contribution in [3.05, 3.63) is 78.1 Å². The van der Waals surface area contributed by atoms with Crippen molar-refractivity contribution in [1.29, 1.82) is 0 Å². The van der Waals surface area contributed by atoms with Crippen LogP contribution in [0.15, 0.2) is 71.6 Å². The Bertz CT molecular complexity index is 784. The number of benzene rings is 2. The van der Waals surface area contributed by atoms with Crippen LogP contribution < -0.4 is 24.2 Å². The molecule has 0 radical (unpaired) electrons. The van der Waals surface area contributed by atoms with Gasteiger partial charge in [-0.05, 0) is 31.2 Å². The standard InChI is InChI=1S/C17H16NO3S.Li/c1-13-8-10-16(11-9-13)22(20,21)12-14(2)17(19)18-15-6-4-3-5-7-15;/h3-12H,2H2,1H3,(H,18,19);/q-1;+1. The van der Waals surface area contributed by atoms with Gasteiger partial charge in [-0.3, -0.25) is 0 Å². The Balaban J connectivity index is 0.00000264. The van der Waals surface area contributed by atoms with Gasteiger partial charge in [0.2, 0.25) is 0 Å². The minimum Gasteiger partial charge on any atom is -0.376 e. The van der Waals surface area contributed by atoms with Crippen LogP contribution in [-0.4, -0.2) is 14.3 Å².